The number of hydrogen-bond acceptors (Lipinski definition) is 3. The van der Waals surface area contributed by atoms with E-state index in [1.165, 1.54) is 161 Å². The lowest BCUT2D eigenvalue weighted by molar-refractivity contribution is -0.123. The summed E-state index contributed by atoms with van der Waals surface area (Å²) in [5.74, 6) is -0.0342. The van der Waals surface area contributed by atoms with E-state index < -0.39 is 12.1 Å². The molecule has 0 saturated carbocycles. The molecule has 4 heteroatoms. The van der Waals surface area contributed by atoms with Crippen LogP contribution in [0.3, 0.4) is 0 Å². The number of rotatable bonds is 35. The van der Waals surface area contributed by atoms with E-state index in [9.17, 15) is 15.0 Å². The van der Waals surface area contributed by atoms with Crippen LogP contribution in [0.2, 0.25) is 0 Å². The topological polar surface area (TPSA) is 69.6 Å². The summed E-state index contributed by atoms with van der Waals surface area (Å²) in [7, 11) is 0. The first kappa shape index (κ1) is 42.1. The Morgan fingerprint density at radius 2 is 0.884 bits per heavy atom. The van der Waals surface area contributed by atoms with Crippen molar-refractivity contribution in [1.29, 1.82) is 0 Å². The molecule has 0 aliphatic rings. The molecule has 2 unspecified atom stereocenters. The van der Waals surface area contributed by atoms with Gasteiger partial charge in [-0.3, -0.25) is 4.79 Å². The van der Waals surface area contributed by atoms with Crippen LogP contribution in [0, 0.1) is 0 Å². The molecule has 0 bridgehead atoms. The second-order valence-electron chi connectivity index (χ2n) is 13.4. The minimum atomic E-state index is -0.653. The highest BCUT2D eigenvalue weighted by molar-refractivity contribution is 5.76. The first-order valence-corrected chi connectivity index (χ1v) is 19.4. The molecule has 256 valence electrons. The Labute approximate surface area is 269 Å². The standard InChI is InChI=1S/C39H77NO3/c1-3-5-7-9-11-13-14-15-16-17-18-19-20-21-22-23-24-25-26-27-29-31-33-35-39(43)40-37(36-41)38(42)34-32-30-28-12-10-8-6-4-2/h17-18,37-38,41-42H,3-16,19-36H2,1-2H3,(H,40,43)/b18-17-. The molecule has 0 saturated heterocycles. The monoisotopic (exact) mass is 608 g/mol. The van der Waals surface area contributed by atoms with Gasteiger partial charge in [0.1, 0.15) is 0 Å². The Morgan fingerprint density at radius 3 is 1.28 bits per heavy atom. The molecule has 0 heterocycles. The zero-order valence-corrected chi connectivity index (χ0v) is 29.2. The normalized spacial score (nSPS) is 13.1. The van der Waals surface area contributed by atoms with Crippen molar-refractivity contribution in [3.8, 4) is 0 Å². The van der Waals surface area contributed by atoms with Gasteiger partial charge in [-0.2, -0.15) is 0 Å². The lowest BCUT2D eigenvalue weighted by Crippen LogP contribution is -2.45. The molecule has 0 fully saturated rings. The molecule has 0 aliphatic carbocycles. The van der Waals surface area contributed by atoms with Crippen molar-refractivity contribution in [3.63, 3.8) is 0 Å². The van der Waals surface area contributed by atoms with E-state index in [0.29, 0.717) is 12.8 Å². The smallest absolute Gasteiger partial charge is 0.220 e. The second-order valence-corrected chi connectivity index (χ2v) is 13.4. The Morgan fingerprint density at radius 1 is 0.535 bits per heavy atom. The fraction of sp³-hybridized carbons (Fsp3) is 0.923. The maximum atomic E-state index is 12.3. The molecule has 0 aromatic heterocycles. The Hall–Kier alpha value is -0.870. The van der Waals surface area contributed by atoms with Crippen molar-refractivity contribution >= 4 is 5.91 Å². The van der Waals surface area contributed by atoms with E-state index in [-0.39, 0.29) is 12.5 Å². The zero-order valence-electron chi connectivity index (χ0n) is 29.2. The van der Waals surface area contributed by atoms with Gasteiger partial charge in [0.25, 0.3) is 0 Å². The highest BCUT2D eigenvalue weighted by Gasteiger charge is 2.19. The molecule has 0 radical (unpaired) electrons. The van der Waals surface area contributed by atoms with Crippen molar-refractivity contribution in [3.05, 3.63) is 12.2 Å². The number of aliphatic hydroxyl groups is 2. The molecule has 43 heavy (non-hydrogen) atoms. The molecular formula is C39H77NO3. The fourth-order valence-electron chi connectivity index (χ4n) is 6.00. The predicted molar refractivity (Wildman–Crippen MR) is 189 cm³/mol. The van der Waals surface area contributed by atoms with Gasteiger partial charge in [0.2, 0.25) is 5.91 Å². The number of nitrogens with one attached hydrogen (secondary N) is 1. The number of aliphatic hydroxyl groups excluding tert-OH is 2. The molecule has 0 rings (SSSR count). The second kappa shape index (κ2) is 35.6. The summed E-state index contributed by atoms with van der Waals surface area (Å²) in [4.78, 5) is 12.3. The summed E-state index contributed by atoms with van der Waals surface area (Å²) >= 11 is 0. The number of allylic oxidation sites excluding steroid dienone is 2. The molecular weight excluding hydrogens is 530 g/mol. The highest BCUT2D eigenvalue weighted by Crippen LogP contribution is 2.15. The first-order chi connectivity index (χ1) is 21.2. The molecule has 0 aliphatic heterocycles. The van der Waals surface area contributed by atoms with E-state index in [2.05, 4.69) is 31.3 Å². The van der Waals surface area contributed by atoms with Gasteiger partial charge in [0.05, 0.1) is 18.8 Å². The lowest BCUT2D eigenvalue weighted by atomic mass is 10.0. The SMILES string of the molecule is CCCCCCCCCC/C=C\CCCCCCCCCCCCCC(=O)NC(CO)C(O)CCCCCCCCCC. The van der Waals surface area contributed by atoms with Crippen molar-refractivity contribution < 1.29 is 15.0 Å². The summed E-state index contributed by atoms with van der Waals surface area (Å²) in [6.45, 7) is 4.33. The van der Waals surface area contributed by atoms with Gasteiger partial charge < -0.3 is 15.5 Å². The quantitative estimate of drug-likeness (QED) is 0.0496. The van der Waals surface area contributed by atoms with Crippen LogP contribution in [0.4, 0.5) is 0 Å². The third-order valence-corrected chi connectivity index (χ3v) is 9.03. The largest absolute Gasteiger partial charge is 0.394 e. The Kier molecular flexibility index (Phi) is 34.9. The van der Waals surface area contributed by atoms with Gasteiger partial charge in [-0.25, -0.2) is 0 Å². The van der Waals surface area contributed by atoms with Crippen LogP contribution in [0.5, 0.6) is 0 Å². The predicted octanol–water partition coefficient (Wildman–Crippen LogP) is 11.5. The summed E-state index contributed by atoms with van der Waals surface area (Å²) in [6.07, 6.45) is 42.8. The van der Waals surface area contributed by atoms with Crippen LogP contribution < -0.4 is 5.32 Å². The summed E-state index contributed by atoms with van der Waals surface area (Å²) in [5, 5.41) is 22.9. The molecule has 0 aromatic rings. The van der Waals surface area contributed by atoms with Crippen molar-refractivity contribution in [1.82, 2.24) is 5.32 Å². The molecule has 4 nitrogen and oxygen atoms in total. The molecule has 3 N–H and O–H groups in total. The van der Waals surface area contributed by atoms with E-state index in [1.807, 2.05) is 0 Å². The number of carbonyl (C=O) groups is 1. The van der Waals surface area contributed by atoms with Gasteiger partial charge in [-0.05, 0) is 38.5 Å². The van der Waals surface area contributed by atoms with E-state index in [0.717, 1.165) is 25.7 Å². The van der Waals surface area contributed by atoms with Crippen LogP contribution in [0.25, 0.3) is 0 Å². The van der Waals surface area contributed by atoms with Gasteiger partial charge in [0, 0.05) is 6.42 Å². The molecule has 1 amide bonds. The van der Waals surface area contributed by atoms with E-state index in [4.69, 9.17) is 0 Å². The van der Waals surface area contributed by atoms with Crippen LogP contribution in [0.15, 0.2) is 12.2 Å². The summed E-state index contributed by atoms with van der Waals surface area (Å²) < 4.78 is 0. The highest BCUT2D eigenvalue weighted by atomic mass is 16.3. The number of unbranched alkanes of at least 4 members (excludes halogenated alkanes) is 26. The Bertz CT molecular complexity index is 579. The average molecular weight is 608 g/mol. The van der Waals surface area contributed by atoms with E-state index >= 15 is 0 Å². The summed E-state index contributed by atoms with van der Waals surface area (Å²) in [6, 6.07) is -0.530. The number of carbonyl (C=O) groups excluding carboxylic acids is 1. The van der Waals surface area contributed by atoms with Gasteiger partial charge >= 0.3 is 0 Å². The zero-order chi connectivity index (χ0) is 31.5. The third-order valence-electron chi connectivity index (χ3n) is 9.03. The van der Waals surface area contributed by atoms with Crippen LogP contribution >= 0.6 is 0 Å². The van der Waals surface area contributed by atoms with Crippen LogP contribution in [-0.4, -0.2) is 34.9 Å². The van der Waals surface area contributed by atoms with Gasteiger partial charge in [-0.15, -0.1) is 0 Å². The maximum Gasteiger partial charge on any atom is 0.220 e. The van der Waals surface area contributed by atoms with Crippen LogP contribution in [-0.2, 0) is 4.79 Å². The summed E-state index contributed by atoms with van der Waals surface area (Å²) in [5.41, 5.74) is 0. The molecule has 0 aromatic carbocycles. The average Bonchev–Trinajstić information content (AvgIpc) is 3.01. The van der Waals surface area contributed by atoms with Crippen molar-refractivity contribution in [2.75, 3.05) is 6.61 Å². The van der Waals surface area contributed by atoms with E-state index in [1.54, 1.807) is 0 Å². The fourth-order valence-corrected chi connectivity index (χ4v) is 6.00. The van der Waals surface area contributed by atoms with Crippen LogP contribution in [0.1, 0.15) is 213 Å². The minimum absolute atomic E-state index is 0.0342. The third kappa shape index (κ3) is 32.3. The van der Waals surface area contributed by atoms with Crippen molar-refractivity contribution in [2.45, 2.75) is 225 Å². The first-order valence-electron chi connectivity index (χ1n) is 19.4. The maximum absolute atomic E-state index is 12.3. The molecule has 0 spiro atoms. The van der Waals surface area contributed by atoms with Crippen molar-refractivity contribution in [2.24, 2.45) is 0 Å². The molecule has 2 atom stereocenters. The lowest BCUT2D eigenvalue weighted by Gasteiger charge is -2.22. The van der Waals surface area contributed by atoms with Gasteiger partial charge in [0.15, 0.2) is 0 Å². The minimum Gasteiger partial charge on any atom is -0.394 e. The number of hydrogen-bond donors (Lipinski definition) is 3. The van der Waals surface area contributed by atoms with Gasteiger partial charge in [-0.1, -0.05) is 180 Å². The number of amides is 1. The Balaban J connectivity index is 3.45.